The summed E-state index contributed by atoms with van der Waals surface area (Å²) < 4.78 is 5.55. The topological polar surface area (TPSA) is 46.6 Å². The molecule has 2 aliphatic heterocycles. The summed E-state index contributed by atoms with van der Waals surface area (Å²) in [6.07, 6.45) is 1.11. The van der Waals surface area contributed by atoms with E-state index >= 15 is 0 Å². The van der Waals surface area contributed by atoms with Gasteiger partial charge in [-0.3, -0.25) is 9.69 Å². The van der Waals surface area contributed by atoms with E-state index in [1.54, 1.807) is 4.90 Å². The van der Waals surface area contributed by atoms with Gasteiger partial charge in [0.1, 0.15) is 11.4 Å². The van der Waals surface area contributed by atoms with Crippen molar-refractivity contribution in [2.75, 3.05) is 6.54 Å². The maximum absolute atomic E-state index is 12.6. The highest BCUT2D eigenvalue weighted by molar-refractivity contribution is 5.91. The lowest BCUT2D eigenvalue weighted by atomic mass is 9.49. The van der Waals surface area contributed by atoms with Crippen LogP contribution >= 0.6 is 0 Å². The minimum atomic E-state index is -0.522. The molecule has 3 atom stereocenters. The molecule has 1 spiro atoms. The molecular weight excluding hydrogens is 266 g/mol. The van der Waals surface area contributed by atoms with Crippen LogP contribution in [0.4, 0.5) is 4.79 Å². The number of nitrogens with zero attached hydrogens (tertiary/aromatic N) is 1. The Bertz CT molecular complexity index is 543. The molecule has 2 bridgehead atoms. The summed E-state index contributed by atoms with van der Waals surface area (Å²) in [6, 6.07) is 0. The number of rotatable bonds is 0. The van der Waals surface area contributed by atoms with Crippen LogP contribution in [-0.4, -0.2) is 34.5 Å². The van der Waals surface area contributed by atoms with Crippen LogP contribution in [0.3, 0.4) is 0 Å². The Kier molecular flexibility index (Phi) is 2.72. The third-order valence-electron chi connectivity index (χ3n) is 5.14. The van der Waals surface area contributed by atoms with E-state index in [9.17, 15) is 9.59 Å². The molecule has 0 unspecified atom stereocenters. The SMILES string of the molecule is C=C1[C@@H]2CN(C(=O)OC(C)(C)C)[C@]13CC(C)(C)CC(=O)[C@@H]23. The summed E-state index contributed by atoms with van der Waals surface area (Å²) >= 11 is 0. The van der Waals surface area contributed by atoms with E-state index in [0.29, 0.717) is 13.0 Å². The molecule has 116 valence electrons. The number of carbonyl (C=O) groups excluding carboxylic acids is 2. The summed E-state index contributed by atoms with van der Waals surface area (Å²) in [5, 5.41) is 0. The third kappa shape index (κ3) is 1.87. The molecule has 4 nitrogen and oxygen atoms in total. The highest BCUT2D eigenvalue weighted by Gasteiger charge is 2.73. The second-order valence-corrected chi connectivity index (χ2v) is 8.61. The minimum absolute atomic E-state index is 0.0504. The predicted molar refractivity (Wildman–Crippen MR) is 79.8 cm³/mol. The molecule has 2 saturated heterocycles. The lowest BCUT2D eigenvalue weighted by molar-refractivity contribution is -0.137. The fourth-order valence-corrected chi connectivity index (χ4v) is 4.61. The van der Waals surface area contributed by atoms with Crippen LogP contribution in [0.25, 0.3) is 0 Å². The van der Waals surface area contributed by atoms with E-state index in [1.165, 1.54) is 0 Å². The van der Waals surface area contributed by atoms with E-state index in [2.05, 4.69) is 20.4 Å². The zero-order valence-electron chi connectivity index (χ0n) is 13.7. The largest absolute Gasteiger partial charge is 0.444 e. The lowest BCUT2D eigenvalue weighted by Crippen LogP contribution is -2.64. The smallest absolute Gasteiger partial charge is 0.411 e. The van der Waals surface area contributed by atoms with Gasteiger partial charge < -0.3 is 4.74 Å². The second kappa shape index (κ2) is 3.90. The zero-order chi connectivity index (χ0) is 15.8. The maximum Gasteiger partial charge on any atom is 0.411 e. The van der Waals surface area contributed by atoms with Crippen molar-refractivity contribution in [3.8, 4) is 0 Å². The summed E-state index contributed by atoms with van der Waals surface area (Å²) in [5.74, 6) is 0.376. The average Bonchev–Trinajstić information content (AvgIpc) is 2.73. The van der Waals surface area contributed by atoms with Crippen molar-refractivity contribution in [1.82, 2.24) is 4.90 Å². The van der Waals surface area contributed by atoms with Gasteiger partial charge in [0.2, 0.25) is 0 Å². The van der Waals surface area contributed by atoms with Gasteiger partial charge in [-0.25, -0.2) is 4.79 Å². The molecule has 4 fully saturated rings. The Labute approximate surface area is 126 Å². The van der Waals surface area contributed by atoms with Crippen molar-refractivity contribution < 1.29 is 14.3 Å². The van der Waals surface area contributed by atoms with Gasteiger partial charge in [0.25, 0.3) is 0 Å². The Morgan fingerprint density at radius 3 is 2.57 bits per heavy atom. The Morgan fingerprint density at radius 1 is 1.38 bits per heavy atom. The predicted octanol–water partition coefficient (Wildman–Crippen LogP) is 3.17. The molecule has 0 aromatic carbocycles. The molecule has 2 heterocycles. The molecule has 0 aromatic heterocycles. The van der Waals surface area contributed by atoms with Gasteiger partial charge in [-0.2, -0.15) is 0 Å². The number of fused-ring (bicyclic) bond motifs is 1. The number of ether oxygens (including phenoxy) is 1. The summed E-state index contributed by atoms with van der Waals surface area (Å²) in [4.78, 5) is 26.9. The summed E-state index contributed by atoms with van der Waals surface area (Å²) in [6.45, 7) is 14.6. The summed E-state index contributed by atoms with van der Waals surface area (Å²) in [7, 11) is 0. The van der Waals surface area contributed by atoms with E-state index < -0.39 is 11.1 Å². The normalized spacial score (nSPS) is 37.1. The molecular formula is C17H25NO3. The van der Waals surface area contributed by atoms with Crippen LogP contribution < -0.4 is 0 Å². The zero-order valence-corrected chi connectivity index (χ0v) is 13.7. The fraction of sp³-hybridized carbons (Fsp3) is 0.765. The van der Waals surface area contributed by atoms with Crippen LogP contribution in [0.5, 0.6) is 0 Å². The molecule has 1 amide bonds. The fourth-order valence-electron chi connectivity index (χ4n) is 4.61. The van der Waals surface area contributed by atoms with Crippen LogP contribution in [-0.2, 0) is 9.53 Å². The molecule has 4 rings (SSSR count). The number of hydrogen-bond acceptors (Lipinski definition) is 3. The van der Waals surface area contributed by atoms with Gasteiger partial charge in [-0.05, 0) is 38.2 Å². The van der Waals surface area contributed by atoms with E-state index in [-0.39, 0.29) is 29.1 Å². The third-order valence-corrected chi connectivity index (χ3v) is 5.14. The van der Waals surface area contributed by atoms with Gasteiger partial charge in [-0.15, -0.1) is 0 Å². The molecule has 2 saturated carbocycles. The van der Waals surface area contributed by atoms with Crippen LogP contribution in [0.2, 0.25) is 0 Å². The molecule has 4 aliphatic rings. The van der Waals surface area contributed by atoms with Crippen LogP contribution in [0, 0.1) is 17.3 Å². The first-order valence-corrected chi connectivity index (χ1v) is 7.71. The molecule has 4 heteroatoms. The Morgan fingerprint density at radius 2 is 2.00 bits per heavy atom. The number of Topliss-reactive ketones (excluding diaryl/α,β-unsaturated/α-hetero) is 1. The van der Waals surface area contributed by atoms with Crippen LogP contribution in [0.15, 0.2) is 12.2 Å². The van der Waals surface area contributed by atoms with Gasteiger partial charge >= 0.3 is 6.09 Å². The summed E-state index contributed by atoms with van der Waals surface area (Å²) in [5.41, 5.74) is -0.0385. The van der Waals surface area contributed by atoms with Gasteiger partial charge in [0.05, 0.1) is 11.5 Å². The number of amides is 1. The van der Waals surface area contributed by atoms with Crippen molar-refractivity contribution in [1.29, 1.82) is 0 Å². The first-order valence-electron chi connectivity index (χ1n) is 7.71. The second-order valence-electron chi connectivity index (χ2n) is 8.61. The van der Waals surface area contributed by atoms with Crippen molar-refractivity contribution in [3.63, 3.8) is 0 Å². The van der Waals surface area contributed by atoms with Gasteiger partial charge in [0.15, 0.2) is 0 Å². The lowest BCUT2D eigenvalue weighted by Gasteiger charge is -2.57. The van der Waals surface area contributed by atoms with Gasteiger partial charge in [0, 0.05) is 18.9 Å². The van der Waals surface area contributed by atoms with Crippen molar-refractivity contribution in [2.45, 2.75) is 58.6 Å². The maximum atomic E-state index is 12.6. The Hall–Kier alpha value is -1.32. The highest BCUT2D eigenvalue weighted by Crippen LogP contribution is 2.66. The van der Waals surface area contributed by atoms with E-state index in [4.69, 9.17) is 4.74 Å². The molecule has 21 heavy (non-hydrogen) atoms. The minimum Gasteiger partial charge on any atom is -0.444 e. The van der Waals surface area contributed by atoms with Crippen molar-refractivity contribution >= 4 is 11.9 Å². The molecule has 0 aromatic rings. The number of hydrogen-bond donors (Lipinski definition) is 0. The average molecular weight is 291 g/mol. The standard InChI is InChI=1S/C17H25NO3/c1-10-11-8-18(14(20)21-15(2,3)4)17(10)9-16(5,6)7-12(19)13(11)17/h11,13H,1,7-9H2,2-6H3/t11-,13+,17+/m0/s1. The van der Waals surface area contributed by atoms with E-state index in [1.807, 2.05) is 20.8 Å². The monoisotopic (exact) mass is 291 g/mol. The molecule has 0 radical (unpaired) electrons. The van der Waals surface area contributed by atoms with Crippen molar-refractivity contribution in [2.24, 2.45) is 17.3 Å². The number of ketones is 1. The van der Waals surface area contributed by atoms with Gasteiger partial charge in [-0.1, -0.05) is 20.4 Å². The molecule has 0 N–H and O–H groups in total. The first kappa shape index (κ1) is 14.6. The number of carbonyl (C=O) groups is 2. The quantitative estimate of drug-likeness (QED) is 0.644. The first-order chi connectivity index (χ1) is 9.48. The van der Waals surface area contributed by atoms with Crippen molar-refractivity contribution in [3.05, 3.63) is 12.2 Å². The van der Waals surface area contributed by atoms with E-state index in [0.717, 1.165) is 12.0 Å². The molecule has 2 aliphatic carbocycles. The highest BCUT2D eigenvalue weighted by atomic mass is 16.6. The van der Waals surface area contributed by atoms with Crippen LogP contribution in [0.1, 0.15) is 47.5 Å². The Balaban J connectivity index is 1.94.